The molecule has 1 heterocycles. The SMILES string of the molecule is CCOc1cc(CNC)cc(Br)c1OCc1ncccn1. The molecule has 0 saturated heterocycles. The lowest BCUT2D eigenvalue weighted by Crippen LogP contribution is -2.07. The number of hydrogen-bond acceptors (Lipinski definition) is 5. The molecule has 1 aromatic carbocycles. The van der Waals surface area contributed by atoms with Crippen LogP contribution in [0.1, 0.15) is 18.3 Å². The Balaban J connectivity index is 2.20. The highest BCUT2D eigenvalue weighted by atomic mass is 79.9. The van der Waals surface area contributed by atoms with E-state index in [-0.39, 0.29) is 0 Å². The van der Waals surface area contributed by atoms with Crippen LogP contribution in [0.15, 0.2) is 35.1 Å². The topological polar surface area (TPSA) is 56.3 Å². The minimum atomic E-state index is 0.297. The fraction of sp³-hybridized carbons (Fsp3) is 0.333. The molecule has 0 fully saturated rings. The third-order valence-electron chi connectivity index (χ3n) is 2.71. The van der Waals surface area contributed by atoms with Crippen molar-refractivity contribution in [3.63, 3.8) is 0 Å². The Bertz CT molecular complexity index is 579. The number of nitrogens with one attached hydrogen (secondary N) is 1. The van der Waals surface area contributed by atoms with Gasteiger partial charge in [0.15, 0.2) is 17.3 Å². The third kappa shape index (κ3) is 4.41. The van der Waals surface area contributed by atoms with E-state index in [2.05, 4.69) is 31.2 Å². The monoisotopic (exact) mass is 351 g/mol. The highest BCUT2D eigenvalue weighted by Gasteiger charge is 2.12. The van der Waals surface area contributed by atoms with Gasteiger partial charge in [-0.2, -0.15) is 0 Å². The van der Waals surface area contributed by atoms with Gasteiger partial charge >= 0.3 is 0 Å². The molecule has 21 heavy (non-hydrogen) atoms. The third-order valence-corrected chi connectivity index (χ3v) is 3.30. The minimum Gasteiger partial charge on any atom is -0.490 e. The molecule has 5 nitrogen and oxygen atoms in total. The Morgan fingerprint density at radius 1 is 1.19 bits per heavy atom. The van der Waals surface area contributed by atoms with Crippen molar-refractivity contribution < 1.29 is 9.47 Å². The van der Waals surface area contributed by atoms with Gasteiger partial charge in [-0.15, -0.1) is 0 Å². The summed E-state index contributed by atoms with van der Waals surface area (Å²) >= 11 is 3.54. The van der Waals surface area contributed by atoms with E-state index in [0.717, 1.165) is 16.6 Å². The number of rotatable bonds is 7. The van der Waals surface area contributed by atoms with Crippen molar-refractivity contribution in [1.82, 2.24) is 15.3 Å². The first-order valence-corrected chi connectivity index (χ1v) is 7.52. The fourth-order valence-corrected chi connectivity index (χ4v) is 2.48. The first-order valence-electron chi connectivity index (χ1n) is 6.73. The molecule has 1 aromatic heterocycles. The molecule has 0 aliphatic carbocycles. The van der Waals surface area contributed by atoms with Crippen molar-refractivity contribution in [3.05, 3.63) is 46.5 Å². The molecule has 0 amide bonds. The lowest BCUT2D eigenvalue weighted by molar-refractivity contribution is 0.261. The van der Waals surface area contributed by atoms with Gasteiger partial charge in [0.1, 0.15) is 6.61 Å². The van der Waals surface area contributed by atoms with Gasteiger partial charge in [0.25, 0.3) is 0 Å². The molecule has 6 heteroatoms. The van der Waals surface area contributed by atoms with Gasteiger partial charge in [-0.1, -0.05) is 0 Å². The first-order chi connectivity index (χ1) is 10.2. The number of aromatic nitrogens is 2. The molecule has 0 aliphatic heterocycles. The lowest BCUT2D eigenvalue weighted by atomic mass is 10.2. The highest BCUT2D eigenvalue weighted by molar-refractivity contribution is 9.10. The van der Waals surface area contributed by atoms with Crippen LogP contribution in [0.5, 0.6) is 11.5 Å². The summed E-state index contributed by atoms with van der Waals surface area (Å²) in [5.74, 6) is 2.02. The summed E-state index contributed by atoms with van der Waals surface area (Å²) in [4.78, 5) is 8.29. The van der Waals surface area contributed by atoms with E-state index in [1.807, 2.05) is 26.1 Å². The van der Waals surface area contributed by atoms with Crippen LogP contribution in [0.2, 0.25) is 0 Å². The molecule has 1 N–H and O–H groups in total. The molecule has 0 aliphatic rings. The zero-order chi connectivity index (χ0) is 15.1. The number of nitrogens with zero attached hydrogens (tertiary/aromatic N) is 2. The average Bonchev–Trinajstić information content (AvgIpc) is 2.48. The van der Waals surface area contributed by atoms with Crippen LogP contribution in [0.3, 0.4) is 0 Å². The van der Waals surface area contributed by atoms with Gasteiger partial charge < -0.3 is 14.8 Å². The molecule has 0 atom stereocenters. The van der Waals surface area contributed by atoms with Gasteiger partial charge in [-0.3, -0.25) is 0 Å². The van der Waals surface area contributed by atoms with Crippen LogP contribution < -0.4 is 14.8 Å². The summed E-state index contributed by atoms with van der Waals surface area (Å²) in [5, 5.41) is 3.12. The van der Waals surface area contributed by atoms with Gasteiger partial charge in [0.2, 0.25) is 0 Å². The van der Waals surface area contributed by atoms with Gasteiger partial charge in [0.05, 0.1) is 11.1 Å². The Hall–Kier alpha value is -1.66. The summed E-state index contributed by atoms with van der Waals surface area (Å²) in [6.07, 6.45) is 3.39. The van der Waals surface area contributed by atoms with Gasteiger partial charge in [0, 0.05) is 18.9 Å². The van der Waals surface area contributed by atoms with E-state index in [1.54, 1.807) is 18.5 Å². The standard InChI is InChI=1S/C15H18BrN3O2/c1-3-20-13-8-11(9-17-2)7-12(16)15(13)21-10-14-18-5-4-6-19-14/h4-8,17H,3,9-10H2,1-2H3. The van der Waals surface area contributed by atoms with Crippen molar-refractivity contribution in [3.8, 4) is 11.5 Å². The van der Waals surface area contributed by atoms with E-state index in [4.69, 9.17) is 9.47 Å². The summed E-state index contributed by atoms with van der Waals surface area (Å²) in [7, 11) is 1.91. The number of hydrogen-bond donors (Lipinski definition) is 1. The van der Waals surface area contributed by atoms with E-state index in [9.17, 15) is 0 Å². The minimum absolute atomic E-state index is 0.297. The zero-order valence-electron chi connectivity index (χ0n) is 12.1. The number of halogens is 1. The molecule has 0 unspecified atom stereocenters. The normalized spacial score (nSPS) is 10.4. The molecular weight excluding hydrogens is 334 g/mol. The van der Waals surface area contributed by atoms with E-state index in [1.165, 1.54) is 0 Å². The summed E-state index contributed by atoms with van der Waals surface area (Å²) in [5.41, 5.74) is 1.12. The van der Waals surface area contributed by atoms with Crippen molar-refractivity contribution in [2.24, 2.45) is 0 Å². The van der Waals surface area contributed by atoms with Crippen molar-refractivity contribution in [2.75, 3.05) is 13.7 Å². The summed E-state index contributed by atoms with van der Waals surface area (Å²) in [6.45, 7) is 3.59. The Morgan fingerprint density at radius 3 is 2.62 bits per heavy atom. The van der Waals surface area contributed by atoms with E-state index >= 15 is 0 Å². The van der Waals surface area contributed by atoms with Crippen molar-refractivity contribution in [1.29, 1.82) is 0 Å². The second-order valence-electron chi connectivity index (χ2n) is 4.32. The van der Waals surface area contributed by atoms with Gasteiger partial charge in [-0.05, 0) is 53.7 Å². The molecule has 0 radical (unpaired) electrons. The fourth-order valence-electron chi connectivity index (χ4n) is 1.87. The Kier molecular flexibility index (Phi) is 5.95. The molecule has 0 spiro atoms. The predicted octanol–water partition coefficient (Wildman–Crippen LogP) is 2.94. The quantitative estimate of drug-likeness (QED) is 0.830. The maximum absolute atomic E-state index is 5.82. The lowest BCUT2D eigenvalue weighted by Gasteiger charge is -2.15. The number of ether oxygens (including phenoxy) is 2. The zero-order valence-corrected chi connectivity index (χ0v) is 13.7. The van der Waals surface area contributed by atoms with Crippen molar-refractivity contribution in [2.45, 2.75) is 20.1 Å². The molecule has 0 saturated carbocycles. The van der Waals surface area contributed by atoms with Crippen LogP contribution in [0.25, 0.3) is 0 Å². The van der Waals surface area contributed by atoms with Gasteiger partial charge in [-0.25, -0.2) is 9.97 Å². The second-order valence-corrected chi connectivity index (χ2v) is 5.18. The summed E-state index contributed by atoms with van der Waals surface area (Å²) < 4.78 is 12.3. The second kappa shape index (κ2) is 7.95. The van der Waals surface area contributed by atoms with Crippen LogP contribution in [0.4, 0.5) is 0 Å². The largest absolute Gasteiger partial charge is 0.490 e. The maximum atomic E-state index is 5.82. The van der Waals surface area contributed by atoms with Crippen molar-refractivity contribution >= 4 is 15.9 Å². The predicted molar refractivity (Wildman–Crippen MR) is 84.4 cm³/mol. The molecule has 112 valence electrons. The Morgan fingerprint density at radius 2 is 1.95 bits per heavy atom. The van der Waals surface area contributed by atoms with Crippen LogP contribution >= 0.6 is 15.9 Å². The van der Waals surface area contributed by atoms with E-state index in [0.29, 0.717) is 30.5 Å². The van der Waals surface area contributed by atoms with Crippen LogP contribution in [0, 0.1) is 0 Å². The molecule has 0 bridgehead atoms. The molecule has 2 aromatic rings. The Labute approximate surface area is 132 Å². The average molecular weight is 352 g/mol. The maximum Gasteiger partial charge on any atom is 0.176 e. The van der Waals surface area contributed by atoms with Crippen LogP contribution in [-0.2, 0) is 13.2 Å². The molecule has 2 rings (SSSR count). The molecular formula is C15H18BrN3O2. The summed E-state index contributed by atoms with van der Waals surface area (Å²) in [6, 6.07) is 5.77. The number of benzene rings is 1. The van der Waals surface area contributed by atoms with E-state index < -0.39 is 0 Å². The van der Waals surface area contributed by atoms with Crippen LogP contribution in [-0.4, -0.2) is 23.6 Å². The highest BCUT2D eigenvalue weighted by Crippen LogP contribution is 2.37. The first kappa shape index (κ1) is 15.7. The smallest absolute Gasteiger partial charge is 0.176 e.